The summed E-state index contributed by atoms with van der Waals surface area (Å²) in [7, 11) is -7.45. The van der Waals surface area contributed by atoms with Crippen molar-refractivity contribution in [3.63, 3.8) is 0 Å². The number of carbonyl (C=O) groups excluding carboxylic acids is 1. The van der Waals surface area contributed by atoms with Crippen LogP contribution in [0.15, 0.2) is 126 Å². The molecule has 1 aliphatic heterocycles. The van der Waals surface area contributed by atoms with Gasteiger partial charge in [0, 0.05) is 18.2 Å². The molecule has 0 aliphatic carbocycles. The predicted molar refractivity (Wildman–Crippen MR) is 227 cm³/mol. The number of nitrogens with one attached hydrogen (secondary N) is 1. The lowest BCUT2D eigenvalue weighted by Crippen LogP contribution is -2.55. The topological polar surface area (TPSA) is 154 Å². The summed E-state index contributed by atoms with van der Waals surface area (Å²) in [5.41, 5.74) is -7.17. The second-order valence-electron chi connectivity index (χ2n) is 15.2. The lowest BCUT2D eigenvalue weighted by molar-refractivity contribution is -0.0947. The molecule has 0 spiro atoms. The van der Waals surface area contributed by atoms with Crippen molar-refractivity contribution >= 4 is 30.4 Å². The van der Waals surface area contributed by atoms with E-state index in [4.69, 9.17) is 27.2 Å². The van der Waals surface area contributed by atoms with Crippen LogP contribution in [-0.4, -0.2) is 71.0 Å². The van der Waals surface area contributed by atoms with E-state index in [9.17, 15) is 31.2 Å². The Hall–Kier alpha value is -5.37. The quantitative estimate of drug-likeness (QED) is 0.0545. The molecule has 1 saturated heterocycles. The van der Waals surface area contributed by atoms with E-state index in [1.807, 2.05) is 54.6 Å². The number of hydrogen-bond donors (Lipinski definition) is 1. The van der Waals surface area contributed by atoms with Crippen LogP contribution in [0.25, 0.3) is 0 Å². The van der Waals surface area contributed by atoms with Crippen LogP contribution in [0.3, 0.4) is 0 Å². The molecule has 0 saturated carbocycles. The number of aromatic nitrogens is 2. The zero-order valence-electron chi connectivity index (χ0n) is 34.9. The first-order valence-corrected chi connectivity index (χ1v) is 23.1. The van der Waals surface area contributed by atoms with E-state index >= 15 is 0 Å². The van der Waals surface area contributed by atoms with Crippen molar-refractivity contribution in [2.24, 2.45) is 0 Å². The molecule has 62 heavy (non-hydrogen) atoms. The van der Waals surface area contributed by atoms with E-state index in [0.717, 1.165) is 4.57 Å². The van der Waals surface area contributed by atoms with Gasteiger partial charge in [-0.2, -0.15) is 26.6 Å². The van der Waals surface area contributed by atoms with Gasteiger partial charge in [-0.05, 0) is 70.2 Å². The van der Waals surface area contributed by atoms with Crippen LogP contribution in [0, 0.1) is 0 Å². The van der Waals surface area contributed by atoms with Crippen molar-refractivity contribution in [2.45, 2.75) is 74.7 Å². The molecule has 2 heterocycles. The summed E-state index contributed by atoms with van der Waals surface area (Å²) >= 11 is 0. The molecule has 3 atom stereocenters. The van der Waals surface area contributed by atoms with Crippen LogP contribution in [-0.2, 0) is 33.5 Å². The Kier molecular flexibility index (Phi) is 14.1. The van der Waals surface area contributed by atoms with Gasteiger partial charge in [-0.25, -0.2) is 4.79 Å². The highest BCUT2D eigenvalue weighted by atomic mass is 32.2. The Labute approximate surface area is 359 Å². The maximum atomic E-state index is 14.0. The van der Waals surface area contributed by atoms with E-state index in [1.54, 1.807) is 96.5 Å². The van der Waals surface area contributed by atoms with Crippen LogP contribution in [0.1, 0.15) is 67.4 Å². The summed E-state index contributed by atoms with van der Waals surface area (Å²) in [6, 6.07) is 33.6. The summed E-state index contributed by atoms with van der Waals surface area (Å²) < 4.78 is 105. The molecular formula is C44H48F3N3O10SSi. The zero-order valence-corrected chi connectivity index (χ0v) is 36.7. The minimum atomic E-state index is -6.12. The molecule has 0 radical (unpaired) electrons. The fourth-order valence-corrected chi connectivity index (χ4v) is 13.6. The summed E-state index contributed by atoms with van der Waals surface area (Å²) in [5.74, 6) is 0.645. The Morgan fingerprint density at radius 3 is 1.82 bits per heavy atom. The lowest BCUT2D eigenvalue weighted by atomic mass is 9.80. The molecular weight excluding hydrogens is 848 g/mol. The highest BCUT2D eigenvalue weighted by Gasteiger charge is 2.59. The van der Waals surface area contributed by atoms with E-state index < -0.39 is 70.9 Å². The first-order chi connectivity index (χ1) is 29.4. The van der Waals surface area contributed by atoms with Gasteiger partial charge < -0.3 is 28.7 Å². The third-order valence-electron chi connectivity index (χ3n) is 10.7. The molecule has 0 unspecified atom stereocenters. The maximum Gasteiger partial charge on any atom is 0.522 e. The van der Waals surface area contributed by atoms with E-state index in [-0.39, 0.29) is 18.8 Å². The first kappa shape index (κ1) is 46.1. The molecule has 4 aromatic carbocycles. The summed E-state index contributed by atoms with van der Waals surface area (Å²) in [5, 5.41) is 2.60. The van der Waals surface area contributed by atoms with Gasteiger partial charge in [-0.15, -0.1) is 0 Å². The molecule has 0 bridgehead atoms. The average molecular weight is 896 g/mol. The van der Waals surface area contributed by atoms with Gasteiger partial charge in [0.05, 0.1) is 26.9 Å². The van der Waals surface area contributed by atoms with Crippen LogP contribution in [0.5, 0.6) is 11.5 Å². The van der Waals surface area contributed by atoms with Gasteiger partial charge in [0.25, 0.3) is 5.91 Å². The molecule has 6 rings (SSSR count). The van der Waals surface area contributed by atoms with Gasteiger partial charge in [0.2, 0.25) is 0 Å². The maximum absolute atomic E-state index is 14.0. The highest BCUT2D eigenvalue weighted by molar-refractivity contribution is 7.88. The minimum absolute atomic E-state index is 0.0331. The molecule has 330 valence electrons. The third-order valence-corrected chi connectivity index (χ3v) is 17.1. The fourth-order valence-electron chi connectivity index (χ4n) is 7.51. The van der Waals surface area contributed by atoms with Crippen molar-refractivity contribution in [3.8, 4) is 11.5 Å². The van der Waals surface area contributed by atoms with E-state index in [1.165, 1.54) is 12.3 Å². The van der Waals surface area contributed by atoms with Crippen molar-refractivity contribution < 1.29 is 53.6 Å². The molecule has 18 heteroatoms. The number of halogens is 3. The van der Waals surface area contributed by atoms with Crippen molar-refractivity contribution in [2.75, 3.05) is 26.1 Å². The highest BCUT2D eigenvalue weighted by Crippen LogP contribution is 2.46. The molecule has 1 amide bonds. The molecule has 13 nitrogen and oxygen atoms in total. The lowest BCUT2D eigenvalue weighted by Gasteiger charge is -2.40. The molecule has 1 aliphatic rings. The summed E-state index contributed by atoms with van der Waals surface area (Å²) in [6.45, 7) is 5.88. The Bertz CT molecular complexity index is 2400. The van der Waals surface area contributed by atoms with Crippen LogP contribution >= 0.6 is 0 Å². The Morgan fingerprint density at radius 1 is 0.823 bits per heavy atom. The molecule has 1 N–H and O–H groups in total. The number of carbonyl (C=O) groups is 1. The standard InChI is InChI=1S/C44H48F3N3O10SSi/c1-29(2)62(30(3)4,60-61(53,54)44(45,46)47)59-37-27-40(50-26-25-39(49-42(50)52)48-41(51)31-13-9-7-10-14-31)58-38(37)28-57-43(32-15-11-8-12-16-32,33-17-21-35(55-5)22-18-33)34-19-23-36(56-6)24-20-34/h7-26,29-30,37-38,40H,27-28H2,1-6H3,(H,48,49,51,52)/t37-,38+,40+/m0/s1. The largest absolute Gasteiger partial charge is 0.522 e. The number of amides is 1. The van der Waals surface area contributed by atoms with Crippen LogP contribution in [0.2, 0.25) is 11.1 Å². The number of nitrogens with zero attached hydrogens (tertiary/aromatic N) is 2. The van der Waals surface area contributed by atoms with Gasteiger partial charge in [-0.1, -0.05) is 100 Å². The Morgan fingerprint density at radius 2 is 1.34 bits per heavy atom. The normalized spacial score (nSPS) is 17.3. The number of rotatable bonds is 17. The van der Waals surface area contributed by atoms with Gasteiger partial charge in [-0.3, -0.25) is 13.2 Å². The fraction of sp³-hybridized carbons (Fsp3) is 0.341. The van der Waals surface area contributed by atoms with Gasteiger partial charge >= 0.3 is 29.9 Å². The number of hydrogen-bond acceptors (Lipinski definition) is 11. The Balaban J connectivity index is 1.44. The van der Waals surface area contributed by atoms with Crippen LogP contribution < -0.4 is 20.5 Å². The third kappa shape index (κ3) is 9.64. The minimum Gasteiger partial charge on any atom is -0.497 e. The zero-order chi connectivity index (χ0) is 44.9. The number of ether oxygens (including phenoxy) is 4. The molecule has 5 aromatic rings. The predicted octanol–water partition coefficient (Wildman–Crippen LogP) is 8.32. The van der Waals surface area contributed by atoms with E-state index in [2.05, 4.69) is 10.3 Å². The van der Waals surface area contributed by atoms with Crippen molar-refractivity contribution in [3.05, 3.63) is 154 Å². The molecule has 1 aromatic heterocycles. The van der Waals surface area contributed by atoms with E-state index in [0.29, 0.717) is 33.8 Å². The average Bonchev–Trinajstić information content (AvgIpc) is 3.65. The summed E-state index contributed by atoms with van der Waals surface area (Å²) in [4.78, 5) is 30.5. The smallest absolute Gasteiger partial charge is 0.497 e. The number of alkyl halides is 3. The SMILES string of the molecule is COc1ccc(C(OC[C@H]2O[C@@H](n3ccc(NC(=O)c4ccccc4)nc3=O)C[C@@H]2O[Si](OS(=O)(=O)C(F)(F)F)(C(C)C)C(C)C)(c2ccccc2)c2ccc(OC)cc2)cc1. The number of anilines is 1. The number of benzene rings is 4. The second-order valence-corrected chi connectivity index (χ2v) is 21.2. The summed E-state index contributed by atoms with van der Waals surface area (Å²) in [6.07, 6.45) is -2.23. The molecule has 1 fully saturated rings. The van der Waals surface area contributed by atoms with Gasteiger partial charge in [0.1, 0.15) is 35.2 Å². The second kappa shape index (κ2) is 18.9. The number of methoxy groups -OCH3 is 2. The monoisotopic (exact) mass is 895 g/mol. The first-order valence-electron chi connectivity index (χ1n) is 19.7. The van der Waals surface area contributed by atoms with Crippen molar-refractivity contribution in [1.82, 2.24) is 9.55 Å². The van der Waals surface area contributed by atoms with Crippen LogP contribution in [0.4, 0.5) is 19.0 Å². The van der Waals surface area contributed by atoms with Gasteiger partial charge in [0.15, 0.2) is 0 Å². The van der Waals surface area contributed by atoms with Crippen molar-refractivity contribution in [1.29, 1.82) is 0 Å².